The van der Waals surface area contributed by atoms with Gasteiger partial charge in [-0.05, 0) is 43.5 Å². The quantitative estimate of drug-likeness (QED) is 0.761. The summed E-state index contributed by atoms with van der Waals surface area (Å²) in [6.45, 7) is 3.55. The van der Waals surface area contributed by atoms with Crippen molar-refractivity contribution in [1.29, 1.82) is 0 Å². The Balaban J connectivity index is 1.56. The van der Waals surface area contributed by atoms with E-state index in [1.54, 1.807) is 25.4 Å². The second kappa shape index (κ2) is 6.78. The third-order valence-corrected chi connectivity index (χ3v) is 5.09. The summed E-state index contributed by atoms with van der Waals surface area (Å²) in [7, 11) is 1.80. The minimum Gasteiger partial charge on any atom is -0.373 e. The van der Waals surface area contributed by atoms with Gasteiger partial charge in [0.25, 0.3) is 5.91 Å². The number of amides is 1. The Morgan fingerprint density at radius 1 is 1.35 bits per heavy atom. The zero-order chi connectivity index (χ0) is 18.1. The summed E-state index contributed by atoms with van der Waals surface area (Å²) in [4.78, 5) is 27.3. The van der Waals surface area contributed by atoms with Crippen molar-refractivity contribution in [2.45, 2.75) is 25.7 Å². The predicted molar refractivity (Wildman–Crippen MR) is 102 cm³/mol. The van der Waals surface area contributed by atoms with E-state index < -0.39 is 0 Å². The standard InChI is InChI=1S/C20H23N5O/c1-13-5-3-7-16-18(13)24-19(23-16)15-6-4-10-25(12-15)20(26)14-8-9-22-17(11-14)21-2/h3,5,7-9,11,15H,4,6,10,12H2,1-2H3,(H,21,22)(H,23,24)/t15-/m0/s1. The van der Waals surface area contributed by atoms with E-state index in [-0.39, 0.29) is 11.8 Å². The normalized spacial score (nSPS) is 17.5. The molecule has 0 unspecified atom stereocenters. The first-order valence-electron chi connectivity index (χ1n) is 9.04. The average molecular weight is 349 g/mol. The Hall–Kier alpha value is -2.89. The summed E-state index contributed by atoms with van der Waals surface area (Å²) >= 11 is 0. The number of likely N-dealkylation sites (tertiary alicyclic amines) is 1. The molecule has 6 heteroatoms. The van der Waals surface area contributed by atoms with Gasteiger partial charge in [0, 0.05) is 37.8 Å². The lowest BCUT2D eigenvalue weighted by molar-refractivity contribution is 0.0705. The van der Waals surface area contributed by atoms with Crippen LogP contribution in [-0.4, -0.2) is 45.9 Å². The van der Waals surface area contributed by atoms with Gasteiger partial charge in [-0.1, -0.05) is 12.1 Å². The molecule has 2 aromatic heterocycles. The summed E-state index contributed by atoms with van der Waals surface area (Å²) < 4.78 is 0. The summed E-state index contributed by atoms with van der Waals surface area (Å²) in [5, 5.41) is 2.98. The largest absolute Gasteiger partial charge is 0.373 e. The van der Waals surface area contributed by atoms with Crippen LogP contribution >= 0.6 is 0 Å². The van der Waals surface area contributed by atoms with Gasteiger partial charge in [-0.2, -0.15) is 0 Å². The van der Waals surface area contributed by atoms with Crippen LogP contribution in [0.15, 0.2) is 36.5 Å². The van der Waals surface area contributed by atoms with Gasteiger partial charge in [0.1, 0.15) is 11.6 Å². The number of anilines is 1. The van der Waals surface area contributed by atoms with E-state index in [1.807, 2.05) is 11.0 Å². The van der Waals surface area contributed by atoms with Crippen molar-refractivity contribution >= 4 is 22.8 Å². The van der Waals surface area contributed by atoms with Gasteiger partial charge in [-0.25, -0.2) is 9.97 Å². The first-order chi connectivity index (χ1) is 12.7. The number of piperidine rings is 1. The molecule has 134 valence electrons. The SMILES string of the molecule is CNc1cc(C(=O)N2CCC[C@H](c3nc4c(C)cccc4[nH]3)C2)ccn1. The van der Waals surface area contributed by atoms with E-state index in [0.29, 0.717) is 17.9 Å². The monoisotopic (exact) mass is 349 g/mol. The van der Waals surface area contributed by atoms with E-state index in [0.717, 1.165) is 36.2 Å². The second-order valence-corrected chi connectivity index (χ2v) is 6.86. The Labute approximate surface area is 152 Å². The molecule has 1 saturated heterocycles. The minimum absolute atomic E-state index is 0.0564. The fourth-order valence-corrected chi connectivity index (χ4v) is 3.66. The van der Waals surface area contributed by atoms with Crippen LogP contribution < -0.4 is 5.32 Å². The summed E-state index contributed by atoms with van der Waals surface area (Å²) in [6.07, 6.45) is 3.69. The van der Waals surface area contributed by atoms with E-state index in [9.17, 15) is 4.79 Å². The lowest BCUT2D eigenvalue weighted by Crippen LogP contribution is -2.39. The van der Waals surface area contributed by atoms with Gasteiger partial charge >= 0.3 is 0 Å². The van der Waals surface area contributed by atoms with Crippen molar-refractivity contribution in [2.75, 3.05) is 25.5 Å². The lowest BCUT2D eigenvalue weighted by atomic mass is 9.97. The van der Waals surface area contributed by atoms with Crippen LogP contribution in [0, 0.1) is 6.92 Å². The zero-order valence-corrected chi connectivity index (χ0v) is 15.1. The van der Waals surface area contributed by atoms with Crippen LogP contribution in [0.1, 0.15) is 40.5 Å². The number of imidazole rings is 1. The number of nitrogens with one attached hydrogen (secondary N) is 2. The molecule has 0 saturated carbocycles. The molecular formula is C20H23N5O. The maximum Gasteiger partial charge on any atom is 0.254 e. The first-order valence-corrected chi connectivity index (χ1v) is 9.04. The number of aryl methyl sites for hydroxylation is 1. The Morgan fingerprint density at radius 2 is 2.23 bits per heavy atom. The molecule has 0 bridgehead atoms. The van der Waals surface area contributed by atoms with Crippen molar-refractivity contribution in [1.82, 2.24) is 19.9 Å². The van der Waals surface area contributed by atoms with Gasteiger partial charge < -0.3 is 15.2 Å². The molecule has 6 nitrogen and oxygen atoms in total. The second-order valence-electron chi connectivity index (χ2n) is 6.86. The van der Waals surface area contributed by atoms with E-state index in [2.05, 4.69) is 34.3 Å². The summed E-state index contributed by atoms with van der Waals surface area (Å²) in [6, 6.07) is 9.75. The number of carbonyl (C=O) groups excluding carboxylic acids is 1. The number of H-pyrrole nitrogens is 1. The van der Waals surface area contributed by atoms with Gasteiger partial charge in [0.2, 0.25) is 0 Å². The number of fused-ring (bicyclic) bond motifs is 1. The molecule has 1 amide bonds. The number of carbonyl (C=O) groups is 1. The molecule has 2 N–H and O–H groups in total. The molecule has 0 radical (unpaired) electrons. The van der Waals surface area contributed by atoms with Crippen LogP contribution in [-0.2, 0) is 0 Å². The number of hydrogen-bond donors (Lipinski definition) is 2. The van der Waals surface area contributed by atoms with E-state index in [4.69, 9.17) is 4.98 Å². The molecule has 1 fully saturated rings. The third-order valence-electron chi connectivity index (χ3n) is 5.09. The molecular weight excluding hydrogens is 326 g/mol. The molecule has 0 aliphatic carbocycles. The van der Waals surface area contributed by atoms with Crippen molar-refractivity contribution in [3.8, 4) is 0 Å². The maximum atomic E-state index is 12.9. The van der Waals surface area contributed by atoms with Crippen molar-refractivity contribution in [2.24, 2.45) is 0 Å². The predicted octanol–water partition coefficient (Wildman–Crippen LogP) is 3.33. The molecule has 1 atom stereocenters. The fraction of sp³-hybridized carbons (Fsp3) is 0.350. The fourth-order valence-electron chi connectivity index (χ4n) is 3.66. The van der Waals surface area contributed by atoms with Crippen molar-refractivity contribution in [3.05, 3.63) is 53.5 Å². The number of nitrogens with zero attached hydrogens (tertiary/aromatic N) is 3. The number of para-hydroxylation sites is 1. The molecule has 4 rings (SSSR count). The van der Waals surface area contributed by atoms with E-state index >= 15 is 0 Å². The smallest absolute Gasteiger partial charge is 0.254 e. The third kappa shape index (κ3) is 3.03. The van der Waals surface area contributed by atoms with Crippen LogP contribution in [0.25, 0.3) is 11.0 Å². The van der Waals surface area contributed by atoms with Gasteiger partial charge in [0.15, 0.2) is 0 Å². The molecule has 1 aliphatic rings. The highest BCUT2D eigenvalue weighted by Crippen LogP contribution is 2.28. The number of aromatic nitrogens is 3. The van der Waals surface area contributed by atoms with E-state index in [1.165, 1.54) is 5.56 Å². The van der Waals surface area contributed by atoms with Gasteiger partial charge in [0.05, 0.1) is 11.0 Å². The number of rotatable bonds is 3. The lowest BCUT2D eigenvalue weighted by Gasteiger charge is -2.32. The number of aromatic amines is 1. The zero-order valence-electron chi connectivity index (χ0n) is 15.1. The molecule has 1 aromatic carbocycles. The highest BCUT2D eigenvalue weighted by Gasteiger charge is 2.27. The Bertz CT molecular complexity index is 948. The Kier molecular flexibility index (Phi) is 4.32. The van der Waals surface area contributed by atoms with Crippen LogP contribution in [0.5, 0.6) is 0 Å². The highest BCUT2D eigenvalue weighted by atomic mass is 16.2. The van der Waals surface area contributed by atoms with Gasteiger partial charge in [-0.3, -0.25) is 4.79 Å². The summed E-state index contributed by atoms with van der Waals surface area (Å²) in [5.41, 5.74) is 3.94. The number of benzene rings is 1. The van der Waals surface area contributed by atoms with Crippen LogP contribution in [0.2, 0.25) is 0 Å². The van der Waals surface area contributed by atoms with Crippen LogP contribution in [0.4, 0.5) is 5.82 Å². The van der Waals surface area contributed by atoms with Crippen LogP contribution in [0.3, 0.4) is 0 Å². The molecule has 3 heterocycles. The summed E-state index contributed by atoms with van der Waals surface area (Å²) in [5.74, 6) is 1.99. The molecule has 0 spiro atoms. The molecule has 3 aromatic rings. The van der Waals surface area contributed by atoms with Gasteiger partial charge in [-0.15, -0.1) is 0 Å². The number of pyridine rings is 1. The van der Waals surface area contributed by atoms with Crippen molar-refractivity contribution < 1.29 is 4.79 Å². The number of hydrogen-bond acceptors (Lipinski definition) is 4. The average Bonchev–Trinajstić information content (AvgIpc) is 3.13. The first kappa shape index (κ1) is 16.6. The molecule has 26 heavy (non-hydrogen) atoms. The maximum absolute atomic E-state index is 12.9. The van der Waals surface area contributed by atoms with Crippen molar-refractivity contribution in [3.63, 3.8) is 0 Å². The Morgan fingerprint density at radius 3 is 3.04 bits per heavy atom. The minimum atomic E-state index is 0.0564. The highest BCUT2D eigenvalue weighted by molar-refractivity contribution is 5.95. The topological polar surface area (TPSA) is 73.9 Å². The molecule has 1 aliphatic heterocycles.